The minimum Gasteiger partial charge on any atom is -0.490 e. The molecule has 0 radical (unpaired) electrons. The molecule has 1 amide bonds. The monoisotopic (exact) mass is 355 g/mol. The Labute approximate surface area is 148 Å². The minimum atomic E-state index is -0.782. The van der Waals surface area contributed by atoms with E-state index in [1.807, 2.05) is 13.8 Å². The molecule has 1 aromatic rings. The average Bonchev–Trinajstić information content (AvgIpc) is 3.40. The van der Waals surface area contributed by atoms with Crippen molar-refractivity contribution in [1.82, 2.24) is 0 Å². The molecule has 2 rings (SSSR count). The van der Waals surface area contributed by atoms with Gasteiger partial charge in [0, 0.05) is 19.4 Å². The molecule has 0 saturated heterocycles. The Morgan fingerprint density at radius 1 is 1.33 bits per heavy atom. The summed E-state index contributed by atoms with van der Waals surface area (Å²) in [4.78, 5) is 12.7. The molecule has 0 aromatic heterocycles. The van der Waals surface area contributed by atoms with Crippen LogP contribution in [-0.4, -0.2) is 38.4 Å². The Morgan fingerprint density at radius 2 is 2.08 bits per heavy atom. The molecule has 1 saturated carbocycles. The first-order valence-electron chi connectivity index (χ1n) is 8.38. The number of anilines is 1. The normalized spacial score (nSPS) is 16.5. The van der Waals surface area contributed by atoms with E-state index in [0.29, 0.717) is 36.3 Å². The Balaban J connectivity index is 2.01. The lowest BCUT2D eigenvalue weighted by Gasteiger charge is -2.28. The van der Waals surface area contributed by atoms with Gasteiger partial charge in [0.2, 0.25) is 0 Å². The van der Waals surface area contributed by atoms with Crippen molar-refractivity contribution >= 4 is 23.2 Å². The van der Waals surface area contributed by atoms with Crippen molar-refractivity contribution in [2.75, 3.05) is 32.2 Å². The van der Waals surface area contributed by atoms with Crippen LogP contribution >= 0.6 is 11.6 Å². The summed E-state index contributed by atoms with van der Waals surface area (Å²) in [7, 11) is 1.61. The average molecular weight is 356 g/mol. The number of rotatable bonds is 10. The molecule has 1 N–H and O–H groups in total. The zero-order valence-electron chi connectivity index (χ0n) is 14.6. The largest absolute Gasteiger partial charge is 0.490 e. The van der Waals surface area contributed by atoms with Crippen LogP contribution in [0.2, 0.25) is 5.02 Å². The van der Waals surface area contributed by atoms with Crippen molar-refractivity contribution in [3.63, 3.8) is 0 Å². The van der Waals surface area contributed by atoms with Gasteiger partial charge in [-0.05, 0) is 50.3 Å². The van der Waals surface area contributed by atoms with Crippen LogP contribution in [0.3, 0.4) is 0 Å². The van der Waals surface area contributed by atoms with E-state index in [2.05, 4.69) is 5.32 Å². The molecule has 134 valence electrons. The number of carbonyl (C=O) groups is 1. The third-order valence-electron chi connectivity index (χ3n) is 4.15. The van der Waals surface area contributed by atoms with Gasteiger partial charge in [-0.25, -0.2) is 0 Å². The highest BCUT2D eigenvalue weighted by molar-refractivity contribution is 6.32. The van der Waals surface area contributed by atoms with E-state index in [0.717, 1.165) is 19.3 Å². The van der Waals surface area contributed by atoms with Crippen LogP contribution in [-0.2, 0) is 14.3 Å². The summed E-state index contributed by atoms with van der Waals surface area (Å²) in [5.41, 5.74) is -0.146. The number of hydrogen-bond acceptors (Lipinski definition) is 4. The second-order valence-corrected chi connectivity index (χ2v) is 6.58. The predicted molar refractivity (Wildman–Crippen MR) is 94.8 cm³/mol. The summed E-state index contributed by atoms with van der Waals surface area (Å²) in [6, 6.07) is 5.21. The molecule has 0 unspecified atom stereocenters. The Bertz CT molecular complexity index is 562. The fraction of sp³-hybridized carbons (Fsp3) is 0.611. The van der Waals surface area contributed by atoms with E-state index in [-0.39, 0.29) is 11.8 Å². The van der Waals surface area contributed by atoms with Gasteiger partial charge >= 0.3 is 0 Å². The molecule has 1 aromatic carbocycles. The predicted octanol–water partition coefficient (Wildman–Crippen LogP) is 3.90. The minimum absolute atomic E-state index is 0.123. The second-order valence-electron chi connectivity index (χ2n) is 6.17. The number of halogens is 1. The van der Waals surface area contributed by atoms with Gasteiger partial charge in [-0.2, -0.15) is 0 Å². The number of nitrogens with one attached hydrogen (secondary N) is 1. The molecule has 1 aliphatic rings. The quantitative estimate of drug-likeness (QED) is 0.647. The van der Waals surface area contributed by atoms with Gasteiger partial charge in [-0.15, -0.1) is 0 Å². The summed E-state index contributed by atoms with van der Waals surface area (Å²) >= 11 is 6.22. The standard InChI is InChI=1S/C18H26ClNO4/c1-4-9-24-18(2,13-5-6-13)17(21)20-14-7-8-16(15(19)12-14)23-11-10-22-3/h7-8,12-13H,4-6,9-11H2,1-3H3,(H,20,21)/t18-/m1/s1. The van der Waals surface area contributed by atoms with Gasteiger partial charge in [-0.1, -0.05) is 18.5 Å². The number of methoxy groups -OCH3 is 1. The fourth-order valence-electron chi connectivity index (χ4n) is 2.50. The van der Waals surface area contributed by atoms with Gasteiger partial charge in [0.15, 0.2) is 0 Å². The molecule has 5 nitrogen and oxygen atoms in total. The molecule has 6 heteroatoms. The van der Waals surface area contributed by atoms with E-state index >= 15 is 0 Å². The Hall–Kier alpha value is -1.30. The lowest BCUT2D eigenvalue weighted by atomic mass is 9.98. The van der Waals surface area contributed by atoms with Crippen molar-refractivity contribution in [1.29, 1.82) is 0 Å². The van der Waals surface area contributed by atoms with Crippen LogP contribution in [0, 0.1) is 5.92 Å². The molecule has 1 fully saturated rings. The Kier molecular flexibility index (Phi) is 6.90. The molecular weight excluding hydrogens is 330 g/mol. The van der Waals surface area contributed by atoms with Crippen molar-refractivity contribution in [3.8, 4) is 5.75 Å². The summed E-state index contributed by atoms with van der Waals surface area (Å²) < 4.78 is 16.3. The Morgan fingerprint density at radius 3 is 2.67 bits per heavy atom. The maximum absolute atomic E-state index is 12.7. The van der Waals surface area contributed by atoms with Gasteiger partial charge < -0.3 is 19.5 Å². The first-order chi connectivity index (χ1) is 11.5. The van der Waals surface area contributed by atoms with Crippen LogP contribution < -0.4 is 10.1 Å². The second kappa shape index (κ2) is 8.70. The number of carbonyl (C=O) groups excluding carboxylic acids is 1. The van der Waals surface area contributed by atoms with Crippen LogP contribution in [0.15, 0.2) is 18.2 Å². The fourth-order valence-corrected chi connectivity index (χ4v) is 2.74. The lowest BCUT2D eigenvalue weighted by Crippen LogP contribution is -2.45. The zero-order chi connectivity index (χ0) is 17.6. The number of ether oxygens (including phenoxy) is 3. The summed E-state index contributed by atoms with van der Waals surface area (Å²) in [5.74, 6) is 0.734. The first-order valence-corrected chi connectivity index (χ1v) is 8.75. The van der Waals surface area contributed by atoms with Crippen LogP contribution in [0.25, 0.3) is 0 Å². The smallest absolute Gasteiger partial charge is 0.256 e. The van der Waals surface area contributed by atoms with Crippen molar-refractivity contribution in [2.45, 2.75) is 38.7 Å². The van der Waals surface area contributed by atoms with E-state index < -0.39 is 5.60 Å². The van der Waals surface area contributed by atoms with Crippen LogP contribution in [0.1, 0.15) is 33.1 Å². The van der Waals surface area contributed by atoms with Gasteiger partial charge in [0.25, 0.3) is 5.91 Å². The lowest BCUT2D eigenvalue weighted by molar-refractivity contribution is -0.142. The van der Waals surface area contributed by atoms with Crippen LogP contribution in [0.5, 0.6) is 5.75 Å². The van der Waals surface area contributed by atoms with Gasteiger partial charge in [0.05, 0.1) is 11.6 Å². The molecular formula is C18H26ClNO4. The molecule has 24 heavy (non-hydrogen) atoms. The van der Waals surface area contributed by atoms with Crippen LogP contribution in [0.4, 0.5) is 5.69 Å². The third kappa shape index (κ3) is 4.85. The highest BCUT2D eigenvalue weighted by Crippen LogP contribution is 2.42. The summed E-state index contributed by atoms with van der Waals surface area (Å²) in [6.07, 6.45) is 2.94. The summed E-state index contributed by atoms with van der Waals surface area (Å²) in [6.45, 7) is 5.40. The molecule has 0 bridgehead atoms. The molecule has 0 aliphatic heterocycles. The first kappa shape index (κ1) is 19.0. The highest BCUT2D eigenvalue weighted by atomic mass is 35.5. The van der Waals surface area contributed by atoms with Crippen molar-refractivity contribution in [3.05, 3.63) is 23.2 Å². The van der Waals surface area contributed by atoms with E-state index in [1.165, 1.54) is 0 Å². The third-order valence-corrected chi connectivity index (χ3v) is 4.44. The van der Waals surface area contributed by atoms with E-state index in [1.54, 1.807) is 25.3 Å². The number of hydrogen-bond donors (Lipinski definition) is 1. The number of amides is 1. The maximum atomic E-state index is 12.7. The van der Waals surface area contributed by atoms with Crippen molar-refractivity contribution < 1.29 is 19.0 Å². The molecule has 0 spiro atoms. The molecule has 0 heterocycles. The molecule has 1 aliphatic carbocycles. The van der Waals surface area contributed by atoms with E-state index in [9.17, 15) is 4.79 Å². The summed E-state index contributed by atoms with van der Waals surface area (Å²) in [5, 5.41) is 3.37. The number of benzene rings is 1. The van der Waals surface area contributed by atoms with Gasteiger partial charge in [0.1, 0.15) is 18.0 Å². The SMILES string of the molecule is CCCO[C@@](C)(C(=O)Nc1ccc(OCCOC)c(Cl)c1)C1CC1. The van der Waals surface area contributed by atoms with Gasteiger partial charge in [-0.3, -0.25) is 4.79 Å². The topological polar surface area (TPSA) is 56.8 Å². The maximum Gasteiger partial charge on any atom is 0.256 e. The molecule has 1 atom stereocenters. The highest BCUT2D eigenvalue weighted by Gasteiger charge is 2.48. The van der Waals surface area contributed by atoms with E-state index in [4.69, 9.17) is 25.8 Å². The zero-order valence-corrected chi connectivity index (χ0v) is 15.3. The van der Waals surface area contributed by atoms with Crippen molar-refractivity contribution in [2.24, 2.45) is 5.92 Å².